The van der Waals surface area contributed by atoms with Crippen LogP contribution < -0.4 is 10.1 Å². The van der Waals surface area contributed by atoms with Gasteiger partial charge >= 0.3 is 0 Å². The van der Waals surface area contributed by atoms with E-state index >= 15 is 0 Å². The Hall–Kier alpha value is -2.44. The summed E-state index contributed by atoms with van der Waals surface area (Å²) in [6, 6.07) is 16.3. The number of nitrogens with zero attached hydrogens (tertiary/aromatic N) is 1. The molecule has 2 fully saturated rings. The second kappa shape index (κ2) is 9.79. The highest BCUT2D eigenvalue weighted by atomic mass is 19.1. The van der Waals surface area contributed by atoms with Crippen molar-refractivity contribution in [1.82, 2.24) is 10.2 Å². The lowest BCUT2D eigenvalue weighted by Gasteiger charge is -2.39. The van der Waals surface area contributed by atoms with Gasteiger partial charge in [0.25, 0.3) is 5.91 Å². The third-order valence-electron chi connectivity index (χ3n) is 6.39. The van der Waals surface area contributed by atoms with E-state index in [-0.39, 0.29) is 23.4 Å². The van der Waals surface area contributed by atoms with Gasteiger partial charge in [-0.25, -0.2) is 4.39 Å². The molecule has 4 rings (SSSR count). The first-order valence-corrected chi connectivity index (χ1v) is 11.2. The van der Waals surface area contributed by atoms with Crippen LogP contribution in [0.1, 0.15) is 38.2 Å². The van der Waals surface area contributed by atoms with Gasteiger partial charge in [-0.3, -0.25) is 9.69 Å². The number of benzene rings is 2. The summed E-state index contributed by atoms with van der Waals surface area (Å²) >= 11 is 0. The van der Waals surface area contributed by atoms with Crippen molar-refractivity contribution >= 4 is 5.91 Å². The van der Waals surface area contributed by atoms with Gasteiger partial charge in [0.15, 0.2) is 6.10 Å². The summed E-state index contributed by atoms with van der Waals surface area (Å²) in [4.78, 5) is 14.7. The third kappa shape index (κ3) is 5.63. The Bertz CT molecular complexity index is 868. The summed E-state index contributed by atoms with van der Waals surface area (Å²) in [5.74, 6) is 0.414. The van der Waals surface area contributed by atoms with Gasteiger partial charge in [-0.05, 0) is 50.8 Å². The third-order valence-corrected chi connectivity index (χ3v) is 6.39. The Labute approximate surface area is 183 Å². The molecule has 2 unspecified atom stereocenters. The lowest BCUT2D eigenvalue weighted by Crippen LogP contribution is -2.45. The molecule has 31 heavy (non-hydrogen) atoms. The van der Waals surface area contributed by atoms with Crippen molar-refractivity contribution in [3.8, 4) is 5.75 Å². The average Bonchev–Trinajstić information content (AvgIpc) is 3.18. The van der Waals surface area contributed by atoms with E-state index in [1.54, 1.807) is 13.0 Å². The summed E-state index contributed by atoms with van der Waals surface area (Å²) in [6.07, 6.45) is 3.32. The molecular formula is C25H31FN2O3. The Balaban J connectivity index is 1.20. The summed E-state index contributed by atoms with van der Waals surface area (Å²) in [5, 5.41) is 2.97. The molecule has 0 aromatic heterocycles. The second-order valence-electron chi connectivity index (χ2n) is 8.65. The standard InChI is InChI=1S/C25H31FN2O3/c1-19(30-21-8-3-2-4-9-21)24(29)27-17-22-11-12-25(31-22)13-15-28(16-14-25)18-20-7-5-6-10-23(20)26/h2-10,19,22H,11-18H2,1H3,(H,27,29). The van der Waals surface area contributed by atoms with Crippen molar-refractivity contribution in [2.24, 2.45) is 0 Å². The number of rotatable bonds is 7. The van der Waals surface area contributed by atoms with E-state index in [2.05, 4.69) is 10.2 Å². The molecule has 6 heteroatoms. The molecule has 2 aromatic carbocycles. The van der Waals surface area contributed by atoms with Crippen LogP contribution in [0.2, 0.25) is 0 Å². The smallest absolute Gasteiger partial charge is 0.260 e. The van der Waals surface area contributed by atoms with Gasteiger partial charge in [-0.15, -0.1) is 0 Å². The van der Waals surface area contributed by atoms with Crippen LogP contribution in [-0.4, -0.2) is 48.3 Å². The predicted octanol–water partition coefficient (Wildman–Crippen LogP) is 3.92. The number of carbonyl (C=O) groups is 1. The van der Waals surface area contributed by atoms with Crippen LogP contribution in [-0.2, 0) is 16.1 Å². The minimum Gasteiger partial charge on any atom is -0.481 e. The zero-order valence-corrected chi connectivity index (χ0v) is 18.1. The maximum Gasteiger partial charge on any atom is 0.260 e. The van der Waals surface area contributed by atoms with Crippen molar-refractivity contribution in [3.05, 3.63) is 66.0 Å². The van der Waals surface area contributed by atoms with E-state index < -0.39 is 6.10 Å². The highest BCUT2D eigenvalue weighted by molar-refractivity contribution is 5.80. The number of para-hydroxylation sites is 1. The number of piperidine rings is 1. The molecule has 166 valence electrons. The molecule has 1 spiro atoms. The van der Waals surface area contributed by atoms with E-state index in [0.717, 1.165) is 44.3 Å². The fourth-order valence-electron chi connectivity index (χ4n) is 4.51. The molecule has 2 aliphatic rings. The van der Waals surface area contributed by atoms with E-state index in [9.17, 15) is 9.18 Å². The zero-order chi connectivity index (χ0) is 21.7. The molecule has 2 aromatic rings. The number of nitrogens with one attached hydrogen (secondary N) is 1. The maximum atomic E-state index is 13.9. The molecule has 0 bridgehead atoms. The summed E-state index contributed by atoms with van der Waals surface area (Å²) in [7, 11) is 0. The molecule has 5 nitrogen and oxygen atoms in total. The number of ether oxygens (including phenoxy) is 2. The van der Waals surface area contributed by atoms with Gasteiger partial charge in [0, 0.05) is 31.7 Å². The summed E-state index contributed by atoms with van der Waals surface area (Å²) in [5.41, 5.74) is 0.644. The van der Waals surface area contributed by atoms with E-state index in [4.69, 9.17) is 9.47 Å². The topological polar surface area (TPSA) is 50.8 Å². The molecule has 2 aliphatic heterocycles. The Morgan fingerprint density at radius 3 is 2.61 bits per heavy atom. The first-order valence-electron chi connectivity index (χ1n) is 11.2. The molecular weight excluding hydrogens is 395 g/mol. The van der Waals surface area contributed by atoms with Crippen LogP contribution in [0.3, 0.4) is 0 Å². The van der Waals surface area contributed by atoms with Crippen molar-refractivity contribution in [2.45, 2.75) is 57.0 Å². The minimum absolute atomic E-state index is 0.0333. The van der Waals surface area contributed by atoms with Gasteiger partial charge in [0.2, 0.25) is 0 Å². The van der Waals surface area contributed by atoms with Gasteiger partial charge in [0.1, 0.15) is 11.6 Å². The molecule has 0 saturated carbocycles. The first-order chi connectivity index (χ1) is 15.0. The molecule has 2 atom stereocenters. The molecule has 1 amide bonds. The molecule has 2 heterocycles. The van der Waals surface area contributed by atoms with Crippen molar-refractivity contribution < 1.29 is 18.7 Å². The van der Waals surface area contributed by atoms with E-state index in [0.29, 0.717) is 18.8 Å². The molecule has 0 aliphatic carbocycles. The van der Waals surface area contributed by atoms with Crippen LogP contribution in [0.4, 0.5) is 4.39 Å². The number of carbonyl (C=O) groups excluding carboxylic acids is 1. The molecule has 0 radical (unpaired) electrons. The van der Waals surface area contributed by atoms with Crippen LogP contribution in [0, 0.1) is 5.82 Å². The number of hydrogen-bond donors (Lipinski definition) is 1. The van der Waals surface area contributed by atoms with Gasteiger partial charge in [0.05, 0.1) is 11.7 Å². The zero-order valence-electron chi connectivity index (χ0n) is 18.1. The lowest BCUT2D eigenvalue weighted by atomic mass is 9.88. The first kappa shape index (κ1) is 21.8. The number of halogens is 1. The van der Waals surface area contributed by atoms with Crippen LogP contribution >= 0.6 is 0 Å². The van der Waals surface area contributed by atoms with E-state index in [1.807, 2.05) is 42.5 Å². The number of amides is 1. The average molecular weight is 427 g/mol. The van der Waals surface area contributed by atoms with Crippen LogP contribution in [0.25, 0.3) is 0 Å². The highest BCUT2D eigenvalue weighted by Gasteiger charge is 2.42. The quantitative estimate of drug-likeness (QED) is 0.729. The Morgan fingerprint density at radius 2 is 1.87 bits per heavy atom. The van der Waals surface area contributed by atoms with Gasteiger partial charge in [-0.2, -0.15) is 0 Å². The summed E-state index contributed by atoms with van der Waals surface area (Å²) < 4.78 is 26.0. The minimum atomic E-state index is -0.556. The van der Waals surface area contributed by atoms with Gasteiger partial charge < -0.3 is 14.8 Å². The second-order valence-corrected chi connectivity index (χ2v) is 8.65. The van der Waals surface area contributed by atoms with Crippen molar-refractivity contribution in [1.29, 1.82) is 0 Å². The van der Waals surface area contributed by atoms with Crippen LogP contribution in [0.15, 0.2) is 54.6 Å². The maximum absolute atomic E-state index is 13.9. The Kier molecular flexibility index (Phi) is 6.88. The van der Waals surface area contributed by atoms with Crippen molar-refractivity contribution in [2.75, 3.05) is 19.6 Å². The van der Waals surface area contributed by atoms with Crippen molar-refractivity contribution in [3.63, 3.8) is 0 Å². The lowest BCUT2D eigenvalue weighted by molar-refractivity contribution is -0.128. The summed E-state index contributed by atoms with van der Waals surface area (Å²) in [6.45, 7) is 4.69. The monoisotopic (exact) mass is 426 g/mol. The Morgan fingerprint density at radius 1 is 1.16 bits per heavy atom. The molecule has 1 N–H and O–H groups in total. The van der Waals surface area contributed by atoms with Crippen LogP contribution in [0.5, 0.6) is 5.75 Å². The normalized spacial score (nSPS) is 21.7. The highest BCUT2D eigenvalue weighted by Crippen LogP contribution is 2.39. The van der Waals surface area contributed by atoms with Gasteiger partial charge in [-0.1, -0.05) is 36.4 Å². The largest absolute Gasteiger partial charge is 0.481 e. The number of likely N-dealkylation sites (tertiary alicyclic amines) is 1. The fourth-order valence-corrected chi connectivity index (χ4v) is 4.51. The fraction of sp³-hybridized carbons (Fsp3) is 0.480. The van der Waals surface area contributed by atoms with E-state index in [1.165, 1.54) is 6.07 Å². The predicted molar refractivity (Wildman–Crippen MR) is 117 cm³/mol. The number of hydrogen-bond acceptors (Lipinski definition) is 4. The SMILES string of the molecule is CC(Oc1ccccc1)C(=O)NCC1CCC2(CCN(Cc3ccccc3F)CC2)O1. The molecule has 2 saturated heterocycles.